The summed E-state index contributed by atoms with van der Waals surface area (Å²) in [5.41, 5.74) is -0.169. The number of amides is 1. The van der Waals surface area contributed by atoms with Crippen LogP contribution < -0.4 is 10.1 Å². The minimum Gasteiger partial charge on any atom is -0.493 e. The molecule has 1 N–H and O–H groups in total. The van der Waals surface area contributed by atoms with Crippen LogP contribution in [0.15, 0.2) is 47.6 Å². The average Bonchev–Trinajstić information content (AvgIpc) is 3.12. The van der Waals surface area contributed by atoms with Crippen LogP contribution >= 0.6 is 23.4 Å². The fraction of sp³-hybridized carbons (Fsp3) is 0.318. The van der Waals surface area contributed by atoms with E-state index in [9.17, 15) is 18.0 Å². The van der Waals surface area contributed by atoms with Gasteiger partial charge in [-0.1, -0.05) is 37.2 Å². The highest BCUT2D eigenvalue weighted by molar-refractivity contribution is 7.99. The third-order valence-electron chi connectivity index (χ3n) is 4.43. The Balaban J connectivity index is 1.62. The fourth-order valence-corrected chi connectivity index (χ4v) is 3.64. The van der Waals surface area contributed by atoms with E-state index in [4.69, 9.17) is 16.3 Å². The van der Waals surface area contributed by atoms with Crippen molar-refractivity contribution in [1.82, 2.24) is 14.8 Å². The van der Waals surface area contributed by atoms with Crippen LogP contribution in [0.25, 0.3) is 11.4 Å². The lowest BCUT2D eigenvalue weighted by atomic mass is 10.2. The zero-order valence-electron chi connectivity index (χ0n) is 18.1. The van der Waals surface area contributed by atoms with Gasteiger partial charge in [0.25, 0.3) is 0 Å². The summed E-state index contributed by atoms with van der Waals surface area (Å²) in [7, 11) is 1.77. The monoisotopic (exact) mass is 498 g/mol. The summed E-state index contributed by atoms with van der Waals surface area (Å²) in [6.07, 6.45) is -4.54. The molecule has 1 aromatic heterocycles. The topological polar surface area (TPSA) is 69.0 Å². The molecule has 0 spiro atoms. The van der Waals surface area contributed by atoms with E-state index in [1.54, 1.807) is 11.6 Å². The molecule has 1 heterocycles. The first-order valence-corrected chi connectivity index (χ1v) is 11.3. The molecule has 0 aliphatic rings. The van der Waals surface area contributed by atoms with E-state index in [2.05, 4.69) is 29.4 Å². The molecule has 1 amide bonds. The van der Waals surface area contributed by atoms with E-state index in [1.807, 2.05) is 24.3 Å². The van der Waals surface area contributed by atoms with E-state index in [-0.39, 0.29) is 16.5 Å². The molecule has 3 aromatic rings. The van der Waals surface area contributed by atoms with Crippen LogP contribution in [0.4, 0.5) is 18.9 Å². The first-order valence-electron chi connectivity index (χ1n) is 9.96. The highest BCUT2D eigenvalue weighted by Crippen LogP contribution is 2.34. The molecule has 0 bridgehead atoms. The Morgan fingerprint density at radius 1 is 1.18 bits per heavy atom. The van der Waals surface area contributed by atoms with E-state index in [0.29, 0.717) is 23.5 Å². The Kier molecular flexibility index (Phi) is 7.91. The molecule has 0 aliphatic heterocycles. The predicted octanol–water partition coefficient (Wildman–Crippen LogP) is 5.92. The summed E-state index contributed by atoms with van der Waals surface area (Å²) in [5, 5.41) is 11.2. The number of hydrogen-bond acceptors (Lipinski definition) is 5. The number of carbonyl (C=O) groups is 1. The second kappa shape index (κ2) is 10.5. The molecule has 0 fully saturated rings. The number of carbonyl (C=O) groups excluding carboxylic acids is 1. The minimum absolute atomic E-state index is 0.0168. The molecule has 176 valence electrons. The van der Waals surface area contributed by atoms with Gasteiger partial charge in [0.05, 0.1) is 28.6 Å². The van der Waals surface area contributed by atoms with Gasteiger partial charge in [0.15, 0.2) is 11.0 Å². The van der Waals surface area contributed by atoms with Gasteiger partial charge in [-0.2, -0.15) is 13.2 Å². The Morgan fingerprint density at radius 2 is 1.88 bits per heavy atom. The zero-order chi connectivity index (χ0) is 24.2. The lowest BCUT2D eigenvalue weighted by Gasteiger charge is -2.11. The number of ether oxygens (including phenoxy) is 1. The Labute approximate surface area is 198 Å². The zero-order valence-corrected chi connectivity index (χ0v) is 19.7. The highest BCUT2D eigenvalue weighted by Gasteiger charge is 2.31. The molecule has 3 rings (SSSR count). The Hall–Kier alpha value is -2.72. The quantitative estimate of drug-likeness (QED) is 0.390. The first-order chi connectivity index (χ1) is 15.5. The van der Waals surface area contributed by atoms with Gasteiger partial charge in [-0.05, 0) is 48.4 Å². The van der Waals surface area contributed by atoms with E-state index in [0.717, 1.165) is 41.3 Å². The van der Waals surface area contributed by atoms with E-state index in [1.165, 1.54) is 0 Å². The van der Waals surface area contributed by atoms with Gasteiger partial charge in [0.2, 0.25) is 5.91 Å². The van der Waals surface area contributed by atoms with Gasteiger partial charge >= 0.3 is 6.18 Å². The molecule has 33 heavy (non-hydrogen) atoms. The van der Waals surface area contributed by atoms with Crippen LogP contribution in [0, 0.1) is 5.92 Å². The number of thioether (sulfide) groups is 1. The SMILES string of the molecule is CC(C)COc1ccc(-c2nnc(SCC(=O)Nc3cc(C(F)(F)F)ccc3Cl)n2C)cc1. The van der Waals surface area contributed by atoms with E-state index >= 15 is 0 Å². The summed E-state index contributed by atoms with van der Waals surface area (Å²) < 4.78 is 46.1. The summed E-state index contributed by atoms with van der Waals surface area (Å²) in [4.78, 5) is 12.3. The number of hydrogen-bond donors (Lipinski definition) is 1. The summed E-state index contributed by atoms with van der Waals surface area (Å²) in [6, 6.07) is 10.2. The van der Waals surface area contributed by atoms with Crippen molar-refractivity contribution in [3.05, 3.63) is 53.1 Å². The van der Waals surface area contributed by atoms with Crippen molar-refractivity contribution >= 4 is 35.0 Å². The first kappa shape index (κ1) is 24.9. The molecule has 0 unspecified atom stereocenters. The van der Waals surface area contributed by atoms with Crippen LogP contribution in [0.1, 0.15) is 19.4 Å². The molecule has 6 nitrogen and oxygen atoms in total. The molecule has 0 saturated heterocycles. The molecule has 11 heteroatoms. The number of aromatic nitrogens is 3. The maximum Gasteiger partial charge on any atom is 0.416 e. The number of anilines is 1. The van der Waals surface area contributed by atoms with Crippen LogP contribution in [0.2, 0.25) is 5.02 Å². The second-order valence-electron chi connectivity index (χ2n) is 7.62. The maximum absolute atomic E-state index is 12.9. The molecule has 0 aliphatic carbocycles. The van der Waals surface area contributed by atoms with Crippen molar-refractivity contribution in [2.75, 3.05) is 17.7 Å². The number of rotatable bonds is 8. The maximum atomic E-state index is 12.9. The van der Waals surface area contributed by atoms with Crippen LogP contribution in [0.3, 0.4) is 0 Å². The molecule has 0 radical (unpaired) electrons. The van der Waals surface area contributed by atoms with Crippen molar-refractivity contribution in [1.29, 1.82) is 0 Å². The normalized spacial score (nSPS) is 11.6. The molecule has 0 saturated carbocycles. The van der Waals surface area contributed by atoms with Gasteiger partial charge in [-0.15, -0.1) is 10.2 Å². The summed E-state index contributed by atoms with van der Waals surface area (Å²) in [5.74, 6) is 1.19. The van der Waals surface area contributed by atoms with Crippen molar-refractivity contribution in [3.8, 4) is 17.1 Å². The highest BCUT2D eigenvalue weighted by atomic mass is 35.5. The number of nitrogens with one attached hydrogen (secondary N) is 1. The minimum atomic E-state index is -4.54. The van der Waals surface area contributed by atoms with Gasteiger partial charge in [-0.25, -0.2) is 0 Å². The van der Waals surface area contributed by atoms with Gasteiger partial charge in [-0.3, -0.25) is 4.79 Å². The van der Waals surface area contributed by atoms with Crippen LogP contribution in [-0.2, 0) is 18.0 Å². The number of nitrogens with zero attached hydrogens (tertiary/aromatic N) is 3. The van der Waals surface area contributed by atoms with Crippen molar-refractivity contribution in [2.24, 2.45) is 13.0 Å². The molecule has 2 aromatic carbocycles. The van der Waals surface area contributed by atoms with E-state index < -0.39 is 17.6 Å². The predicted molar refractivity (Wildman–Crippen MR) is 123 cm³/mol. The van der Waals surface area contributed by atoms with Crippen molar-refractivity contribution in [2.45, 2.75) is 25.2 Å². The molecule has 0 atom stereocenters. The van der Waals surface area contributed by atoms with Crippen LogP contribution in [0.5, 0.6) is 5.75 Å². The van der Waals surface area contributed by atoms with Gasteiger partial charge in [0, 0.05) is 12.6 Å². The fourth-order valence-electron chi connectivity index (χ4n) is 2.77. The third kappa shape index (κ3) is 6.64. The Morgan fingerprint density at radius 3 is 2.52 bits per heavy atom. The smallest absolute Gasteiger partial charge is 0.416 e. The third-order valence-corrected chi connectivity index (χ3v) is 5.78. The lowest BCUT2D eigenvalue weighted by Crippen LogP contribution is -2.16. The largest absolute Gasteiger partial charge is 0.493 e. The second-order valence-corrected chi connectivity index (χ2v) is 8.97. The van der Waals surface area contributed by atoms with Gasteiger partial charge < -0.3 is 14.6 Å². The molecular weight excluding hydrogens is 477 g/mol. The number of halogens is 4. The van der Waals surface area contributed by atoms with Gasteiger partial charge in [0.1, 0.15) is 5.75 Å². The number of alkyl halides is 3. The lowest BCUT2D eigenvalue weighted by molar-refractivity contribution is -0.137. The number of benzene rings is 2. The standard InChI is InChI=1S/C22H22ClF3N4O2S/c1-13(2)11-32-16-7-4-14(5-8-16)20-28-29-21(30(20)3)33-12-19(31)27-18-10-15(22(24,25)26)6-9-17(18)23/h4-10,13H,11-12H2,1-3H3,(H,27,31). The summed E-state index contributed by atoms with van der Waals surface area (Å²) in [6.45, 7) is 4.76. The Bertz CT molecular complexity index is 1120. The summed E-state index contributed by atoms with van der Waals surface area (Å²) >= 11 is 7.03. The molecular formula is C22H22ClF3N4O2S. The van der Waals surface area contributed by atoms with Crippen molar-refractivity contribution < 1.29 is 22.7 Å². The van der Waals surface area contributed by atoms with Crippen molar-refractivity contribution in [3.63, 3.8) is 0 Å². The average molecular weight is 499 g/mol. The van der Waals surface area contributed by atoms with Crippen LogP contribution in [-0.4, -0.2) is 33.0 Å².